The minimum atomic E-state index is 0.512. The summed E-state index contributed by atoms with van der Waals surface area (Å²) in [5.74, 6) is 0.630. The molecule has 0 fully saturated rings. The van der Waals surface area contributed by atoms with Crippen LogP contribution in [0.1, 0.15) is 6.92 Å². The fourth-order valence-corrected chi connectivity index (χ4v) is 2.60. The molecule has 3 rings (SSSR count). The Morgan fingerprint density at radius 1 is 1.25 bits per heavy atom. The summed E-state index contributed by atoms with van der Waals surface area (Å²) in [4.78, 5) is 8.80. The van der Waals surface area contributed by atoms with Gasteiger partial charge in [0.2, 0.25) is 0 Å². The number of rotatable bonds is 3. The molecule has 0 amide bonds. The van der Waals surface area contributed by atoms with Crippen molar-refractivity contribution in [1.82, 2.24) is 14.4 Å². The highest BCUT2D eigenvalue weighted by atomic mass is 35.5. The van der Waals surface area contributed by atoms with Gasteiger partial charge < -0.3 is 5.32 Å². The monoisotopic (exact) mass is 306 g/mol. The maximum absolute atomic E-state index is 6.30. The third-order valence-electron chi connectivity index (χ3n) is 2.94. The van der Waals surface area contributed by atoms with E-state index in [1.165, 1.54) is 0 Å². The summed E-state index contributed by atoms with van der Waals surface area (Å²) in [6.07, 6.45) is 3.62. The molecule has 3 aromatic heterocycles. The van der Waals surface area contributed by atoms with Crippen LogP contribution in [0.5, 0.6) is 0 Å². The maximum Gasteiger partial charge on any atom is 0.145 e. The number of hydrogen-bond donors (Lipinski definition) is 1. The molecule has 3 heterocycles. The molecule has 102 valence electrons. The van der Waals surface area contributed by atoms with Gasteiger partial charge in [0.15, 0.2) is 0 Å². The molecule has 20 heavy (non-hydrogen) atoms. The van der Waals surface area contributed by atoms with Gasteiger partial charge >= 0.3 is 0 Å². The van der Waals surface area contributed by atoms with Crippen molar-refractivity contribution in [2.45, 2.75) is 6.92 Å². The first-order chi connectivity index (χ1) is 9.70. The molecule has 4 nitrogen and oxygen atoms in total. The molecule has 0 aliphatic carbocycles. The van der Waals surface area contributed by atoms with E-state index in [0.717, 1.165) is 17.9 Å². The van der Waals surface area contributed by atoms with E-state index in [4.69, 9.17) is 23.2 Å². The highest BCUT2D eigenvalue weighted by molar-refractivity contribution is 6.37. The van der Waals surface area contributed by atoms with E-state index in [1.807, 2.05) is 35.7 Å². The standard InChI is InChI=1S/C14H12Cl2N4/c1-2-17-14-10(16)8-9(15)13(19-14)11-4-3-5-12-18-6-7-20(11)12/h3-8H,2H2,1H3,(H,17,19). The smallest absolute Gasteiger partial charge is 0.145 e. The van der Waals surface area contributed by atoms with E-state index in [2.05, 4.69) is 15.3 Å². The molecular formula is C14H12Cl2N4. The maximum atomic E-state index is 6.30. The van der Waals surface area contributed by atoms with E-state index < -0.39 is 0 Å². The molecule has 0 spiro atoms. The fourth-order valence-electron chi connectivity index (χ4n) is 2.08. The number of pyridine rings is 2. The molecular weight excluding hydrogens is 295 g/mol. The quantitative estimate of drug-likeness (QED) is 0.791. The Labute approximate surface area is 126 Å². The number of anilines is 1. The molecule has 1 N–H and O–H groups in total. The zero-order valence-electron chi connectivity index (χ0n) is 10.8. The van der Waals surface area contributed by atoms with Crippen molar-refractivity contribution >= 4 is 34.7 Å². The Balaban J connectivity index is 2.23. The Hall–Kier alpha value is -1.78. The van der Waals surface area contributed by atoms with Crippen molar-refractivity contribution in [1.29, 1.82) is 0 Å². The molecule has 0 bridgehead atoms. The van der Waals surface area contributed by atoms with Crippen LogP contribution in [0, 0.1) is 0 Å². The summed E-state index contributed by atoms with van der Waals surface area (Å²) < 4.78 is 1.94. The predicted octanol–water partition coefficient (Wildman–Crippen LogP) is 4.13. The van der Waals surface area contributed by atoms with Crippen LogP contribution in [0.25, 0.3) is 17.0 Å². The van der Waals surface area contributed by atoms with Gasteiger partial charge in [0, 0.05) is 18.9 Å². The van der Waals surface area contributed by atoms with Crippen molar-refractivity contribution in [3.8, 4) is 11.4 Å². The molecule has 6 heteroatoms. The van der Waals surface area contributed by atoms with Gasteiger partial charge in [-0.25, -0.2) is 9.97 Å². The average molecular weight is 307 g/mol. The highest BCUT2D eigenvalue weighted by Gasteiger charge is 2.13. The average Bonchev–Trinajstić information content (AvgIpc) is 2.90. The first-order valence-corrected chi connectivity index (χ1v) is 6.98. The molecule has 3 aromatic rings. The van der Waals surface area contributed by atoms with Gasteiger partial charge in [-0.15, -0.1) is 0 Å². The lowest BCUT2D eigenvalue weighted by Gasteiger charge is -2.11. The van der Waals surface area contributed by atoms with Gasteiger partial charge in [-0.05, 0) is 25.1 Å². The lowest BCUT2D eigenvalue weighted by Crippen LogP contribution is -2.02. The topological polar surface area (TPSA) is 42.2 Å². The van der Waals surface area contributed by atoms with E-state index in [9.17, 15) is 0 Å². The SMILES string of the molecule is CCNc1nc(-c2cccc3nccn23)c(Cl)cc1Cl. The van der Waals surface area contributed by atoms with E-state index in [1.54, 1.807) is 12.3 Å². The zero-order chi connectivity index (χ0) is 14.1. The number of fused-ring (bicyclic) bond motifs is 1. The van der Waals surface area contributed by atoms with Crippen molar-refractivity contribution in [3.05, 3.63) is 46.7 Å². The first kappa shape index (κ1) is 13.2. The number of halogens is 2. The molecule has 0 unspecified atom stereocenters. The number of aromatic nitrogens is 3. The lowest BCUT2D eigenvalue weighted by molar-refractivity contribution is 1.13. The second-order valence-corrected chi connectivity index (χ2v) is 5.06. The zero-order valence-corrected chi connectivity index (χ0v) is 12.3. The molecule has 0 saturated carbocycles. The predicted molar refractivity (Wildman–Crippen MR) is 82.6 cm³/mol. The van der Waals surface area contributed by atoms with E-state index in [-0.39, 0.29) is 0 Å². The van der Waals surface area contributed by atoms with Gasteiger partial charge in [0.1, 0.15) is 17.2 Å². The first-order valence-electron chi connectivity index (χ1n) is 6.23. The Morgan fingerprint density at radius 2 is 2.10 bits per heavy atom. The van der Waals surface area contributed by atoms with E-state index >= 15 is 0 Å². The molecule has 0 aliphatic heterocycles. The van der Waals surface area contributed by atoms with Crippen LogP contribution >= 0.6 is 23.2 Å². The van der Waals surface area contributed by atoms with Crippen LogP contribution in [0.2, 0.25) is 10.0 Å². The Morgan fingerprint density at radius 3 is 2.90 bits per heavy atom. The summed E-state index contributed by atoms with van der Waals surface area (Å²) in [5.41, 5.74) is 2.40. The second kappa shape index (κ2) is 5.31. The number of nitrogens with one attached hydrogen (secondary N) is 1. The lowest BCUT2D eigenvalue weighted by atomic mass is 10.2. The fraction of sp³-hybridized carbons (Fsp3) is 0.143. The summed E-state index contributed by atoms with van der Waals surface area (Å²) in [6.45, 7) is 2.73. The third-order valence-corrected chi connectivity index (χ3v) is 3.52. The largest absolute Gasteiger partial charge is 0.369 e. The van der Waals surface area contributed by atoms with Crippen LogP contribution < -0.4 is 5.32 Å². The number of hydrogen-bond acceptors (Lipinski definition) is 3. The summed E-state index contributed by atoms with van der Waals surface area (Å²) in [7, 11) is 0. The molecule has 0 aromatic carbocycles. The second-order valence-electron chi connectivity index (χ2n) is 4.25. The van der Waals surface area contributed by atoms with Crippen LogP contribution in [0.15, 0.2) is 36.7 Å². The normalized spacial score (nSPS) is 10.9. The Bertz CT molecular complexity index is 767. The Kier molecular flexibility index (Phi) is 3.51. The molecule has 0 saturated heterocycles. The molecule has 0 aliphatic rings. The number of nitrogens with zero attached hydrogens (tertiary/aromatic N) is 3. The van der Waals surface area contributed by atoms with E-state index in [0.29, 0.717) is 21.6 Å². The minimum absolute atomic E-state index is 0.512. The highest BCUT2D eigenvalue weighted by Crippen LogP contribution is 2.32. The van der Waals surface area contributed by atoms with Crippen molar-refractivity contribution in [2.24, 2.45) is 0 Å². The van der Waals surface area contributed by atoms with Crippen molar-refractivity contribution < 1.29 is 0 Å². The van der Waals surface area contributed by atoms with Gasteiger partial charge in [0.05, 0.1) is 15.7 Å². The molecule has 0 radical (unpaired) electrons. The molecule has 0 atom stereocenters. The third kappa shape index (κ3) is 2.21. The summed E-state index contributed by atoms with van der Waals surface area (Å²) in [6, 6.07) is 7.52. The van der Waals surface area contributed by atoms with Crippen LogP contribution in [-0.4, -0.2) is 20.9 Å². The summed E-state index contributed by atoms with van der Waals surface area (Å²) in [5, 5.41) is 4.15. The van der Waals surface area contributed by atoms with Crippen molar-refractivity contribution in [3.63, 3.8) is 0 Å². The van der Waals surface area contributed by atoms with Gasteiger partial charge in [-0.2, -0.15) is 0 Å². The van der Waals surface area contributed by atoms with Crippen LogP contribution in [-0.2, 0) is 0 Å². The van der Waals surface area contributed by atoms with Crippen LogP contribution in [0.4, 0.5) is 5.82 Å². The van der Waals surface area contributed by atoms with Crippen LogP contribution in [0.3, 0.4) is 0 Å². The van der Waals surface area contributed by atoms with Crippen molar-refractivity contribution in [2.75, 3.05) is 11.9 Å². The summed E-state index contributed by atoms with van der Waals surface area (Å²) >= 11 is 12.4. The van der Waals surface area contributed by atoms with Gasteiger partial charge in [-0.1, -0.05) is 29.3 Å². The van der Waals surface area contributed by atoms with Gasteiger partial charge in [0.25, 0.3) is 0 Å². The van der Waals surface area contributed by atoms with Gasteiger partial charge in [-0.3, -0.25) is 4.40 Å². The number of imidazole rings is 1. The minimum Gasteiger partial charge on any atom is -0.369 e.